The van der Waals surface area contributed by atoms with E-state index in [4.69, 9.17) is 0 Å². The van der Waals surface area contributed by atoms with Crippen LogP contribution in [0.5, 0.6) is 0 Å². The number of nitrogens with one attached hydrogen (secondary N) is 1. The summed E-state index contributed by atoms with van der Waals surface area (Å²) in [6.45, 7) is 2.71. The molecule has 1 amide bonds. The highest BCUT2D eigenvalue weighted by molar-refractivity contribution is 7.99. The lowest BCUT2D eigenvalue weighted by Crippen LogP contribution is -2.22. The zero-order valence-corrected chi connectivity index (χ0v) is 20.0. The highest BCUT2D eigenvalue weighted by Crippen LogP contribution is 2.34. The van der Waals surface area contributed by atoms with Crippen LogP contribution in [0, 0.1) is 6.92 Å². The van der Waals surface area contributed by atoms with E-state index >= 15 is 0 Å². The van der Waals surface area contributed by atoms with Crippen LogP contribution in [0.2, 0.25) is 0 Å². The third kappa shape index (κ3) is 4.86. The molecule has 0 saturated heterocycles. The number of aromatic nitrogens is 3. The largest absolute Gasteiger partial charge is 0.328 e. The molecule has 0 fully saturated rings. The molecule has 0 aliphatic heterocycles. The average Bonchev–Trinajstić information content (AvgIpc) is 3.38. The van der Waals surface area contributed by atoms with E-state index in [0.29, 0.717) is 23.6 Å². The first-order chi connectivity index (χ1) is 16.1. The second-order valence-electron chi connectivity index (χ2n) is 8.22. The molecule has 0 radical (unpaired) electrons. The summed E-state index contributed by atoms with van der Waals surface area (Å²) < 4.78 is 1.97. The molecule has 3 heterocycles. The number of hydrogen-bond donors (Lipinski definition) is 1. The quantitative estimate of drug-likeness (QED) is 0.456. The van der Waals surface area contributed by atoms with Crippen LogP contribution in [-0.2, 0) is 29.9 Å². The maximum absolute atomic E-state index is 12.6. The maximum Gasteiger partial charge on any atom is 0.259 e. The molecule has 1 aromatic carbocycles. The number of thiophene rings is 1. The number of H-pyrrole nitrogens is 1. The van der Waals surface area contributed by atoms with Crippen LogP contribution in [0.1, 0.15) is 33.8 Å². The second-order valence-corrected chi connectivity index (χ2v) is 10.3. The highest BCUT2D eigenvalue weighted by Gasteiger charge is 2.21. The number of benzene rings is 1. The molecular weight excluding hydrogens is 452 g/mol. The predicted octanol–water partition coefficient (Wildman–Crippen LogP) is 3.99. The molecule has 1 aliphatic carbocycles. The molecule has 1 N–H and O–H groups in total. The van der Waals surface area contributed by atoms with Gasteiger partial charge in [-0.25, -0.2) is 4.98 Å². The molecule has 5 rings (SSSR count). The van der Waals surface area contributed by atoms with Gasteiger partial charge in [-0.15, -0.1) is 23.1 Å². The van der Waals surface area contributed by atoms with E-state index < -0.39 is 0 Å². The third-order valence-corrected chi connectivity index (χ3v) is 7.83. The van der Waals surface area contributed by atoms with Gasteiger partial charge in [0.15, 0.2) is 0 Å². The molecule has 4 aromatic rings. The van der Waals surface area contributed by atoms with E-state index in [1.807, 2.05) is 29.0 Å². The van der Waals surface area contributed by atoms with Gasteiger partial charge >= 0.3 is 0 Å². The van der Waals surface area contributed by atoms with E-state index in [-0.39, 0.29) is 17.2 Å². The molecule has 0 unspecified atom stereocenters. The number of rotatable bonds is 6. The first-order valence-corrected chi connectivity index (χ1v) is 12.9. The van der Waals surface area contributed by atoms with Gasteiger partial charge in [-0.1, -0.05) is 35.9 Å². The van der Waals surface area contributed by atoms with Crippen LogP contribution in [0.25, 0.3) is 10.2 Å². The monoisotopic (exact) mass is 476 g/mol. The van der Waals surface area contributed by atoms with Crippen molar-refractivity contribution in [1.82, 2.24) is 14.5 Å². The standard InChI is InChI=1S/C25H24N4O2S2/c1-16-8-10-17(11-9-16)13-29-12-3-2-7-21(29)28-22(30)15-32-14-20-26-24(31)23-18-5-4-6-19(18)33-25(23)27-20/h2-3,7-12H,4-6,13-15H2,1H3,(H,26,27,31). The zero-order chi connectivity index (χ0) is 22.8. The predicted molar refractivity (Wildman–Crippen MR) is 134 cm³/mol. The topological polar surface area (TPSA) is 80.1 Å². The number of fused-ring (bicyclic) bond motifs is 3. The Morgan fingerprint density at radius 1 is 1.21 bits per heavy atom. The van der Waals surface area contributed by atoms with Gasteiger partial charge in [0, 0.05) is 17.6 Å². The zero-order valence-electron chi connectivity index (χ0n) is 18.3. The SMILES string of the molecule is Cc1ccc(Cn2ccccc2=NC(=O)CSCc2nc3sc4c(c3c(=O)[nH]2)CCC4)cc1. The lowest BCUT2D eigenvalue weighted by Gasteiger charge is -2.08. The van der Waals surface area contributed by atoms with Crippen LogP contribution in [-0.4, -0.2) is 26.2 Å². The van der Waals surface area contributed by atoms with Crippen molar-refractivity contribution in [1.29, 1.82) is 0 Å². The van der Waals surface area contributed by atoms with Crippen LogP contribution in [0.3, 0.4) is 0 Å². The van der Waals surface area contributed by atoms with E-state index in [1.165, 1.54) is 27.8 Å². The van der Waals surface area contributed by atoms with Gasteiger partial charge in [-0.05, 0) is 49.4 Å². The van der Waals surface area contributed by atoms with Crippen molar-refractivity contribution in [3.8, 4) is 0 Å². The number of pyridine rings is 1. The number of carbonyl (C=O) groups is 1. The molecule has 0 atom stereocenters. The number of aryl methyl sites for hydroxylation is 3. The van der Waals surface area contributed by atoms with Gasteiger partial charge < -0.3 is 9.55 Å². The Bertz CT molecular complexity index is 1450. The van der Waals surface area contributed by atoms with Crippen LogP contribution < -0.4 is 11.0 Å². The Kier molecular flexibility index (Phi) is 6.28. The summed E-state index contributed by atoms with van der Waals surface area (Å²) in [6.07, 6.45) is 5.06. The van der Waals surface area contributed by atoms with E-state index in [0.717, 1.165) is 35.0 Å². The average molecular weight is 477 g/mol. The Balaban J connectivity index is 1.26. The summed E-state index contributed by atoms with van der Waals surface area (Å²) in [5.41, 5.74) is 4.11. The smallest absolute Gasteiger partial charge is 0.259 e. The summed E-state index contributed by atoms with van der Waals surface area (Å²) in [6, 6.07) is 14.0. The fraction of sp³-hybridized carbons (Fsp3) is 0.280. The van der Waals surface area contributed by atoms with Gasteiger partial charge in [0.05, 0.1) is 16.9 Å². The molecule has 8 heteroatoms. The number of nitrogens with zero attached hydrogens (tertiary/aromatic N) is 3. The van der Waals surface area contributed by atoms with Crippen molar-refractivity contribution in [3.05, 3.63) is 91.9 Å². The summed E-state index contributed by atoms with van der Waals surface area (Å²) in [4.78, 5) is 39.1. The first-order valence-electron chi connectivity index (χ1n) is 11.0. The van der Waals surface area contributed by atoms with Gasteiger partial charge in [0.1, 0.15) is 16.1 Å². The Labute approximate surface area is 199 Å². The normalized spacial score (nSPS) is 13.5. The van der Waals surface area contributed by atoms with Crippen molar-refractivity contribution >= 4 is 39.2 Å². The molecule has 33 heavy (non-hydrogen) atoms. The molecule has 0 saturated carbocycles. The first kappa shape index (κ1) is 21.9. The van der Waals surface area contributed by atoms with Crippen molar-refractivity contribution in [3.63, 3.8) is 0 Å². The van der Waals surface area contributed by atoms with Gasteiger partial charge in [-0.3, -0.25) is 9.59 Å². The second kappa shape index (κ2) is 9.49. The summed E-state index contributed by atoms with van der Waals surface area (Å²) in [5, 5.41) is 0.759. The minimum atomic E-state index is -0.206. The molecule has 168 valence electrons. The Morgan fingerprint density at radius 3 is 2.91 bits per heavy atom. The van der Waals surface area contributed by atoms with Crippen molar-refractivity contribution in [2.45, 2.75) is 38.5 Å². The molecule has 0 bridgehead atoms. The molecule has 3 aromatic heterocycles. The Morgan fingerprint density at radius 2 is 2.06 bits per heavy atom. The molecule has 6 nitrogen and oxygen atoms in total. The molecule has 0 spiro atoms. The number of hydrogen-bond acceptors (Lipinski definition) is 5. The summed E-state index contributed by atoms with van der Waals surface area (Å²) in [7, 11) is 0. The van der Waals surface area contributed by atoms with Crippen LogP contribution in [0.15, 0.2) is 58.4 Å². The fourth-order valence-corrected chi connectivity index (χ4v) is 6.06. The van der Waals surface area contributed by atoms with E-state index in [2.05, 4.69) is 46.1 Å². The number of aromatic amines is 1. The maximum atomic E-state index is 12.6. The number of thioether (sulfide) groups is 1. The van der Waals surface area contributed by atoms with Gasteiger partial charge in [0.25, 0.3) is 11.5 Å². The van der Waals surface area contributed by atoms with Gasteiger partial charge in [0.2, 0.25) is 0 Å². The lowest BCUT2D eigenvalue weighted by atomic mass is 10.1. The van der Waals surface area contributed by atoms with E-state index in [1.54, 1.807) is 11.3 Å². The number of carbonyl (C=O) groups excluding carboxylic acids is 1. The van der Waals surface area contributed by atoms with Gasteiger partial charge in [-0.2, -0.15) is 4.99 Å². The van der Waals surface area contributed by atoms with E-state index in [9.17, 15) is 9.59 Å². The fourth-order valence-electron chi connectivity index (χ4n) is 4.10. The van der Waals surface area contributed by atoms with Crippen molar-refractivity contribution in [2.24, 2.45) is 4.99 Å². The highest BCUT2D eigenvalue weighted by atomic mass is 32.2. The van der Waals surface area contributed by atoms with Crippen LogP contribution >= 0.6 is 23.1 Å². The minimum Gasteiger partial charge on any atom is -0.328 e. The molecule has 1 aliphatic rings. The lowest BCUT2D eigenvalue weighted by molar-refractivity contribution is -0.115. The third-order valence-electron chi connectivity index (χ3n) is 5.72. The molecular formula is C25H24N4O2S2. The number of amides is 1. The minimum absolute atomic E-state index is 0.0625. The van der Waals surface area contributed by atoms with Crippen molar-refractivity contribution in [2.75, 3.05) is 5.75 Å². The summed E-state index contributed by atoms with van der Waals surface area (Å²) >= 11 is 3.04. The van der Waals surface area contributed by atoms with Crippen molar-refractivity contribution < 1.29 is 4.79 Å². The van der Waals surface area contributed by atoms with Crippen LogP contribution in [0.4, 0.5) is 0 Å². The summed E-state index contributed by atoms with van der Waals surface area (Å²) in [5.74, 6) is 1.09. The Hall–Kier alpha value is -2.97.